The number of nitro groups is 1. The zero-order chi connectivity index (χ0) is 25.1. The molecule has 3 amide bonds. The van der Waals surface area contributed by atoms with E-state index in [2.05, 4.69) is 5.32 Å². The molecule has 35 heavy (non-hydrogen) atoms. The van der Waals surface area contributed by atoms with E-state index in [-0.39, 0.29) is 42.0 Å². The molecule has 2 aliphatic rings. The molecule has 0 radical (unpaired) electrons. The normalized spacial score (nSPS) is 22.1. The lowest BCUT2D eigenvalue weighted by atomic mass is 9.92. The summed E-state index contributed by atoms with van der Waals surface area (Å²) in [7, 11) is 0. The molecule has 0 bridgehead atoms. The monoisotopic (exact) mass is 483 g/mol. The van der Waals surface area contributed by atoms with Crippen molar-refractivity contribution in [1.29, 1.82) is 0 Å². The SMILES string of the molecule is NC1CCC(NC(=O)C2N(C(=O)c3cccc(F)c3)CCN2C(=O)c2cccc([N+](=O)[O-])c2)CC1. The number of hydrogen-bond donors (Lipinski definition) is 2. The van der Waals surface area contributed by atoms with Gasteiger partial charge in [-0.25, -0.2) is 4.39 Å². The van der Waals surface area contributed by atoms with Crippen molar-refractivity contribution in [2.45, 2.75) is 43.9 Å². The van der Waals surface area contributed by atoms with Crippen molar-refractivity contribution < 1.29 is 23.7 Å². The molecule has 1 unspecified atom stereocenters. The molecule has 2 aromatic carbocycles. The number of halogens is 1. The second-order valence-electron chi connectivity index (χ2n) is 8.81. The van der Waals surface area contributed by atoms with Crippen molar-refractivity contribution in [1.82, 2.24) is 15.1 Å². The Hall–Kier alpha value is -3.86. The first kappa shape index (κ1) is 24.3. The van der Waals surface area contributed by atoms with Gasteiger partial charge < -0.3 is 20.9 Å². The maximum Gasteiger partial charge on any atom is 0.270 e. The minimum absolute atomic E-state index is 0.0284. The number of nitrogens with zero attached hydrogens (tertiary/aromatic N) is 3. The highest BCUT2D eigenvalue weighted by atomic mass is 19.1. The fourth-order valence-electron chi connectivity index (χ4n) is 4.58. The van der Waals surface area contributed by atoms with Crippen molar-refractivity contribution in [2.24, 2.45) is 5.73 Å². The van der Waals surface area contributed by atoms with Gasteiger partial charge in [0.1, 0.15) is 5.82 Å². The fourth-order valence-corrected chi connectivity index (χ4v) is 4.58. The molecule has 2 fully saturated rings. The summed E-state index contributed by atoms with van der Waals surface area (Å²) in [6.45, 7) is 0.0832. The minimum Gasteiger partial charge on any atom is -0.350 e. The van der Waals surface area contributed by atoms with E-state index in [4.69, 9.17) is 5.73 Å². The van der Waals surface area contributed by atoms with Crippen LogP contribution in [0.1, 0.15) is 46.4 Å². The summed E-state index contributed by atoms with van der Waals surface area (Å²) in [6.07, 6.45) is 1.57. The second-order valence-corrected chi connectivity index (χ2v) is 8.81. The summed E-state index contributed by atoms with van der Waals surface area (Å²) in [5, 5.41) is 14.1. The lowest BCUT2D eigenvalue weighted by molar-refractivity contribution is -0.384. The number of rotatable bonds is 5. The molecule has 1 aliphatic carbocycles. The van der Waals surface area contributed by atoms with Crippen LogP contribution >= 0.6 is 0 Å². The average molecular weight is 484 g/mol. The highest BCUT2D eigenvalue weighted by molar-refractivity contribution is 6.02. The molecule has 11 heteroatoms. The Morgan fingerprint density at radius 3 is 2.09 bits per heavy atom. The van der Waals surface area contributed by atoms with E-state index in [1.54, 1.807) is 0 Å². The van der Waals surface area contributed by atoms with Crippen molar-refractivity contribution in [3.05, 3.63) is 75.6 Å². The lowest BCUT2D eigenvalue weighted by Crippen LogP contribution is -2.56. The number of benzene rings is 2. The van der Waals surface area contributed by atoms with E-state index < -0.39 is 34.6 Å². The van der Waals surface area contributed by atoms with E-state index in [9.17, 15) is 28.9 Å². The highest BCUT2D eigenvalue weighted by Crippen LogP contribution is 2.24. The molecule has 1 atom stereocenters. The molecule has 1 heterocycles. The smallest absolute Gasteiger partial charge is 0.270 e. The number of carbonyl (C=O) groups excluding carboxylic acids is 3. The van der Waals surface area contributed by atoms with Crippen LogP contribution in [0.4, 0.5) is 10.1 Å². The second kappa shape index (κ2) is 10.2. The third kappa shape index (κ3) is 5.29. The predicted molar refractivity (Wildman–Crippen MR) is 124 cm³/mol. The first-order chi connectivity index (χ1) is 16.7. The first-order valence-electron chi connectivity index (χ1n) is 11.4. The predicted octanol–water partition coefficient (Wildman–Crippen LogP) is 2.04. The minimum atomic E-state index is -1.28. The van der Waals surface area contributed by atoms with Crippen LogP contribution in [0.15, 0.2) is 48.5 Å². The van der Waals surface area contributed by atoms with Gasteiger partial charge in [-0.05, 0) is 49.9 Å². The molecule has 0 aromatic heterocycles. The third-order valence-corrected chi connectivity index (χ3v) is 6.42. The van der Waals surface area contributed by atoms with Gasteiger partial charge in [-0.1, -0.05) is 12.1 Å². The van der Waals surface area contributed by atoms with Crippen LogP contribution in [0.2, 0.25) is 0 Å². The van der Waals surface area contributed by atoms with Gasteiger partial charge in [0, 0.05) is 48.4 Å². The Morgan fingerprint density at radius 2 is 1.51 bits per heavy atom. The first-order valence-corrected chi connectivity index (χ1v) is 11.4. The van der Waals surface area contributed by atoms with E-state index in [0.29, 0.717) is 12.8 Å². The van der Waals surface area contributed by atoms with Crippen LogP contribution in [-0.4, -0.2) is 63.8 Å². The Bertz CT molecular complexity index is 1150. The summed E-state index contributed by atoms with van der Waals surface area (Å²) >= 11 is 0. The molecule has 2 aromatic rings. The number of non-ortho nitro benzene ring substituents is 1. The maximum absolute atomic E-state index is 13.8. The molecular formula is C24H26FN5O5. The van der Waals surface area contributed by atoms with E-state index in [1.807, 2.05) is 0 Å². The molecule has 3 N–H and O–H groups in total. The Kier molecular flexibility index (Phi) is 7.06. The summed E-state index contributed by atoms with van der Waals surface area (Å²) < 4.78 is 13.8. The summed E-state index contributed by atoms with van der Waals surface area (Å²) in [5.74, 6) is -2.34. The highest BCUT2D eigenvalue weighted by Gasteiger charge is 2.44. The van der Waals surface area contributed by atoms with E-state index in [1.165, 1.54) is 46.2 Å². The van der Waals surface area contributed by atoms with Gasteiger partial charge in [0.2, 0.25) is 0 Å². The van der Waals surface area contributed by atoms with Gasteiger partial charge in [0.15, 0.2) is 6.17 Å². The van der Waals surface area contributed by atoms with Crippen molar-refractivity contribution in [3.63, 3.8) is 0 Å². The van der Waals surface area contributed by atoms with Gasteiger partial charge in [0.05, 0.1) is 4.92 Å². The number of nitrogens with two attached hydrogens (primary N) is 1. The van der Waals surface area contributed by atoms with Crippen molar-refractivity contribution in [3.8, 4) is 0 Å². The van der Waals surface area contributed by atoms with Crippen LogP contribution in [0.3, 0.4) is 0 Å². The standard InChI is InChI=1S/C24H26FN5O5/c25-17-5-1-3-15(13-17)23(32)28-11-12-29(24(33)16-4-2-6-20(14-16)30(34)35)22(28)21(31)27-19-9-7-18(26)8-10-19/h1-6,13-14,18-19,22H,7-12,26H2,(H,27,31). The molecule has 0 spiro atoms. The molecule has 1 saturated heterocycles. The van der Waals surface area contributed by atoms with Crippen molar-refractivity contribution >= 4 is 23.4 Å². The van der Waals surface area contributed by atoms with Crippen LogP contribution in [-0.2, 0) is 4.79 Å². The summed E-state index contributed by atoms with van der Waals surface area (Å²) in [4.78, 5) is 53.0. The van der Waals surface area contributed by atoms with Gasteiger partial charge in [-0.3, -0.25) is 24.5 Å². The molecule has 184 valence electrons. The molecule has 1 aliphatic heterocycles. The van der Waals surface area contributed by atoms with Gasteiger partial charge >= 0.3 is 0 Å². The Morgan fingerprint density at radius 1 is 0.943 bits per heavy atom. The van der Waals surface area contributed by atoms with Crippen LogP contribution < -0.4 is 11.1 Å². The van der Waals surface area contributed by atoms with Crippen LogP contribution in [0, 0.1) is 15.9 Å². The van der Waals surface area contributed by atoms with Crippen LogP contribution in [0.5, 0.6) is 0 Å². The number of nitrogens with one attached hydrogen (secondary N) is 1. The maximum atomic E-state index is 13.8. The van der Waals surface area contributed by atoms with E-state index in [0.717, 1.165) is 25.0 Å². The topological polar surface area (TPSA) is 139 Å². The average Bonchev–Trinajstić information content (AvgIpc) is 3.30. The Balaban J connectivity index is 1.62. The largest absolute Gasteiger partial charge is 0.350 e. The van der Waals surface area contributed by atoms with E-state index >= 15 is 0 Å². The summed E-state index contributed by atoms with van der Waals surface area (Å²) in [5.41, 5.74) is 5.77. The quantitative estimate of drug-likeness (QED) is 0.493. The number of amides is 3. The fraction of sp³-hybridized carbons (Fsp3) is 0.375. The zero-order valence-corrected chi connectivity index (χ0v) is 18.9. The van der Waals surface area contributed by atoms with Crippen LogP contribution in [0.25, 0.3) is 0 Å². The third-order valence-electron chi connectivity index (χ3n) is 6.42. The van der Waals surface area contributed by atoms with Crippen molar-refractivity contribution in [2.75, 3.05) is 13.1 Å². The van der Waals surface area contributed by atoms with Gasteiger partial charge in [0.25, 0.3) is 23.4 Å². The molecule has 1 saturated carbocycles. The number of nitro benzene ring substituents is 1. The molecule has 10 nitrogen and oxygen atoms in total. The van der Waals surface area contributed by atoms with Gasteiger partial charge in [-0.2, -0.15) is 0 Å². The number of hydrogen-bond acceptors (Lipinski definition) is 6. The molecular weight excluding hydrogens is 457 g/mol. The summed E-state index contributed by atoms with van der Waals surface area (Å²) in [6, 6.07) is 10.2. The lowest BCUT2D eigenvalue weighted by Gasteiger charge is -2.32. The van der Waals surface area contributed by atoms with Gasteiger partial charge in [-0.15, -0.1) is 0 Å². The molecule has 4 rings (SSSR count). The number of carbonyl (C=O) groups is 3. The zero-order valence-electron chi connectivity index (χ0n) is 18.9. The Labute approximate surface area is 201 Å².